The highest BCUT2D eigenvalue weighted by atomic mass is 16.5. The van der Waals surface area contributed by atoms with Crippen LogP contribution in [-0.4, -0.2) is 6.61 Å². The Balaban J connectivity index is 2.25. The molecule has 1 heterocycles. The average Bonchev–Trinajstić information content (AvgIpc) is 2.45. The van der Waals surface area contributed by atoms with Gasteiger partial charge >= 0.3 is 5.63 Å². The summed E-state index contributed by atoms with van der Waals surface area (Å²) < 4.78 is 11.3. The Morgan fingerprint density at radius 2 is 2.00 bits per heavy atom. The quantitative estimate of drug-likeness (QED) is 0.791. The van der Waals surface area contributed by atoms with Gasteiger partial charge in [-0.15, -0.1) is 0 Å². The number of ether oxygens (including phenoxy) is 1. The Morgan fingerprint density at radius 3 is 2.79 bits per heavy atom. The van der Waals surface area contributed by atoms with Gasteiger partial charge in [-0.25, -0.2) is 4.79 Å². The number of benzene rings is 1. The predicted octanol–water partition coefficient (Wildman–Crippen LogP) is 3.46. The predicted molar refractivity (Wildman–Crippen MR) is 74.9 cm³/mol. The van der Waals surface area contributed by atoms with Crippen LogP contribution >= 0.6 is 0 Å². The van der Waals surface area contributed by atoms with E-state index in [0.717, 1.165) is 54.4 Å². The van der Waals surface area contributed by atoms with Crippen molar-refractivity contribution in [1.29, 1.82) is 0 Å². The molecule has 3 rings (SSSR count). The van der Waals surface area contributed by atoms with Gasteiger partial charge in [0.15, 0.2) is 0 Å². The maximum atomic E-state index is 12.0. The molecule has 0 bridgehead atoms. The van der Waals surface area contributed by atoms with Crippen LogP contribution in [0.15, 0.2) is 27.4 Å². The summed E-state index contributed by atoms with van der Waals surface area (Å²) in [6, 6.07) is 5.70. The summed E-state index contributed by atoms with van der Waals surface area (Å²) in [6.07, 6.45) is 4.95. The lowest BCUT2D eigenvalue weighted by molar-refractivity contribution is 0.320. The highest BCUT2D eigenvalue weighted by Gasteiger charge is 2.20. The second-order valence-electron chi connectivity index (χ2n) is 5.03. The van der Waals surface area contributed by atoms with Gasteiger partial charge in [0, 0.05) is 5.56 Å². The van der Waals surface area contributed by atoms with Gasteiger partial charge in [-0.2, -0.15) is 0 Å². The minimum absolute atomic E-state index is 0.171. The fourth-order valence-corrected chi connectivity index (χ4v) is 2.79. The maximum absolute atomic E-state index is 12.0. The smallest absolute Gasteiger partial charge is 0.339 e. The molecule has 100 valence electrons. The van der Waals surface area contributed by atoms with Crippen LogP contribution in [0.4, 0.5) is 0 Å². The highest BCUT2D eigenvalue weighted by Crippen LogP contribution is 2.33. The molecule has 2 aromatic rings. The zero-order valence-electron chi connectivity index (χ0n) is 11.2. The van der Waals surface area contributed by atoms with Gasteiger partial charge in [0.05, 0.1) is 12.0 Å². The van der Waals surface area contributed by atoms with Gasteiger partial charge in [-0.3, -0.25) is 0 Å². The van der Waals surface area contributed by atoms with E-state index in [1.54, 1.807) is 0 Å². The summed E-state index contributed by atoms with van der Waals surface area (Å²) in [4.78, 5) is 12.0. The zero-order valence-corrected chi connectivity index (χ0v) is 11.2. The first kappa shape index (κ1) is 12.3. The van der Waals surface area contributed by atoms with Gasteiger partial charge < -0.3 is 9.15 Å². The number of hydrogen-bond acceptors (Lipinski definition) is 3. The summed E-state index contributed by atoms with van der Waals surface area (Å²) >= 11 is 0. The zero-order chi connectivity index (χ0) is 13.2. The summed E-state index contributed by atoms with van der Waals surface area (Å²) in [7, 11) is 0. The fraction of sp³-hybridized carbons (Fsp3) is 0.438. The SMILES string of the molecule is CCCOc1cccc2oc(=O)c3c(c12)CCCC3. The minimum Gasteiger partial charge on any atom is -0.493 e. The molecule has 1 aliphatic carbocycles. The lowest BCUT2D eigenvalue weighted by atomic mass is 9.90. The topological polar surface area (TPSA) is 39.4 Å². The van der Waals surface area contributed by atoms with Crippen LogP contribution in [0.25, 0.3) is 11.0 Å². The van der Waals surface area contributed by atoms with Crippen LogP contribution in [0.5, 0.6) is 5.75 Å². The second-order valence-corrected chi connectivity index (χ2v) is 5.03. The van der Waals surface area contributed by atoms with E-state index in [1.165, 1.54) is 0 Å². The van der Waals surface area contributed by atoms with Crippen molar-refractivity contribution in [3.8, 4) is 5.75 Å². The van der Waals surface area contributed by atoms with Crippen LogP contribution in [0.1, 0.15) is 37.3 Å². The van der Waals surface area contributed by atoms with Crippen molar-refractivity contribution in [2.75, 3.05) is 6.61 Å². The maximum Gasteiger partial charge on any atom is 0.339 e. The first-order chi connectivity index (χ1) is 9.31. The molecule has 0 aliphatic heterocycles. The van der Waals surface area contributed by atoms with E-state index in [9.17, 15) is 4.79 Å². The van der Waals surface area contributed by atoms with Crippen molar-refractivity contribution in [3.05, 3.63) is 39.7 Å². The lowest BCUT2D eigenvalue weighted by Crippen LogP contribution is -2.16. The molecule has 0 N–H and O–H groups in total. The Kier molecular flexibility index (Phi) is 3.28. The molecule has 3 heteroatoms. The van der Waals surface area contributed by atoms with Crippen molar-refractivity contribution < 1.29 is 9.15 Å². The summed E-state index contributed by atoms with van der Waals surface area (Å²) in [5, 5.41) is 1.00. The first-order valence-electron chi connectivity index (χ1n) is 7.01. The Hall–Kier alpha value is -1.77. The molecule has 1 aromatic heterocycles. The molecular weight excluding hydrogens is 240 g/mol. The molecule has 1 aromatic carbocycles. The second kappa shape index (κ2) is 5.08. The van der Waals surface area contributed by atoms with Gasteiger partial charge in [-0.1, -0.05) is 13.0 Å². The normalized spacial score (nSPS) is 14.4. The largest absolute Gasteiger partial charge is 0.493 e. The van der Waals surface area contributed by atoms with Gasteiger partial charge in [0.1, 0.15) is 11.3 Å². The molecule has 0 radical (unpaired) electrons. The first-order valence-corrected chi connectivity index (χ1v) is 7.01. The average molecular weight is 258 g/mol. The standard InChI is InChI=1S/C16H18O3/c1-2-10-18-13-8-5-9-14-15(13)11-6-3-4-7-12(11)16(17)19-14/h5,8-9H,2-4,6-7,10H2,1H3. The van der Waals surface area contributed by atoms with Crippen LogP contribution in [0.3, 0.4) is 0 Å². The van der Waals surface area contributed by atoms with Crippen LogP contribution in [0.2, 0.25) is 0 Å². The molecule has 0 saturated carbocycles. The van der Waals surface area contributed by atoms with Crippen molar-refractivity contribution in [2.24, 2.45) is 0 Å². The summed E-state index contributed by atoms with van der Waals surface area (Å²) in [5.74, 6) is 0.848. The molecule has 0 fully saturated rings. The molecule has 0 amide bonds. The van der Waals surface area contributed by atoms with E-state index in [4.69, 9.17) is 9.15 Å². The lowest BCUT2D eigenvalue weighted by Gasteiger charge is -2.18. The summed E-state index contributed by atoms with van der Waals surface area (Å²) in [5.41, 5.74) is 2.48. The van der Waals surface area contributed by atoms with E-state index in [0.29, 0.717) is 12.2 Å². The molecule has 0 unspecified atom stereocenters. The Labute approximate surface area is 112 Å². The molecule has 0 atom stereocenters. The molecule has 0 saturated heterocycles. The number of fused-ring (bicyclic) bond motifs is 3. The molecule has 0 spiro atoms. The van der Waals surface area contributed by atoms with E-state index in [2.05, 4.69) is 6.92 Å². The van der Waals surface area contributed by atoms with Crippen molar-refractivity contribution in [1.82, 2.24) is 0 Å². The Bertz CT molecular complexity index is 655. The monoisotopic (exact) mass is 258 g/mol. The van der Waals surface area contributed by atoms with Gasteiger partial charge in [0.2, 0.25) is 0 Å². The van der Waals surface area contributed by atoms with Crippen molar-refractivity contribution in [3.63, 3.8) is 0 Å². The highest BCUT2D eigenvalue weighted by molar-refractivity contribution is 5.87. The minimum atomic E-state index is -0.171. The third-order valence-electron chi connectivity index (χ3n) is 3.67. The van der Waals surface area contributed by atoms with E-state index in [-0.39, 0.29) is 5.63 Å². The van der Waals surface area contributed by atoms with Gasteiger partial charge in [0.25, 0.3) is 0 Å². The third-order valence-corrected chi connectivity index (χ3v) is 3.67. The van der Waals surface area contributed by atoms with Crippen LogP contribution in [-0.2, 0) is 12.8 Å². The summed E-state index contributed by atoms with van der Waals surface area (Å²) in [6.45, 7) is 2.77. The third kappa shape index (κ3) is 2.14. The Morgan fingerprint density at radius 1 is 1.21 bits per heavy atom. The van der Waals surface area contributed by atoms with Crippen molar-refractivity contribution >= 4 is 11.0 Å². The number of rotatable bonds is 3. The van der Waals surface area contributed by atoms with E-state index < -0.39 is 0 Å². The number of hydrogen-bond donors (Lipinski definition) is 0. The number of aryl methyl sites for hydroxylation is 1. The van der Waals surface area contributed by atoms with E-state index >= 15 is 0 Å². The molecule has 1 aliphatic rings. The molecule has 3 nitrogen and oxygen atoms in total. The van der Waals surface area contributed by atoms with Gasteiger partial charge in [-0.05, 0) is 49.8 Å². The van der Waals surface area contributed by atoms with E-state index in [1.807, 2.05) is 18.2 Å². The molecule has 19 heavy (non-hydrogen) atoms. The molecular formula is C16H18O3. The van der Waals surface area contributed by atoms with Crippen LogP contribution < -0.4 is 10.4 Å². The van der Waals surface area contributed by atoms with Crippen LogP contribution in [0, 0.1) is 0 Å². The van der Waals surface area contributed by atoms with Crippen molar-refractivity contribution in [2.45, 2.75) is 39.0 Å². The fourth-order valence-electron chi connectivity index (χ4n) is 2.79.